The van der Waals surface area contributed by atoms with Gasteiger partial charge in [0.15, 0.2) is 5.76 Å². The van der Waals surface area contributed by atoms with Crippen molar-refractivity contribution in [3.8, 4) is 0 Å². The number of carbonyl (C=O) groups excluding carboxylic acids is 2. The van der Waals surface area contributed by atoms with E-state index in [0.29, 0.717) is 30.0 Å². The lowest BCUT2D eigenvalue weighted by molar-refractivity contribution is -0.132. The third-order valence-electron chi connectivity index (χ3n) is 8.39. The topological polar surface area (TPSA) is 54.4 Å². The van der Waals surface area contributed by atoms with Gasteiger partial charge in [-0.3, -0.25) is 9.59 Å². The predicted octanol–water partition coefficient (Wildman–Crippen LogP) is 4.55. The van der Waals surface area contributed by atoms with Crippen molar-refractivity contribution in [3.63, 3.8) is 0 Å². The lowest BCUT2D eigenvalue weighted by Gasteiger charge is -2.59. The molecule has 0 aromatic rings. The molecule has 25 heavy (non-hydrogen) atoms. The SMILES string of the molecule is C=C1C2=C(O)C(=O)C=C(C)[C@]2(C)[C@H]2CC[C@]3(C)C(=O)CC[C@H]3[C@@H]2[C@@H]1C. The first kappa shape index (κ1) is 16.8. The van der Waals surface area contributed by atoms with Crippen molar-refractivity contribution in [2.75, 3.05) is 0 Å². The second kappa shape index (κ2) is 4.96. The van der Waals surface area contributed by atoms with Crippen molar-refractivity contribution in [2.45, 2.75) is 53.4 Å². The average molecular weight is 340 g/mol. The van der Waals surface area contributed by atoms with Gasteiger partial charge in [-0.1, -0.05) is 32.9 Å². The number of hydrogen-bond donors (Lipinski definition) is 1. The van der Waals surface area contributed by atoms with Gasteiger partial charge in [0.05, 0.1) is 0 Å². The zero-order chi connectivity index (χ0) is 18.3. The van der Waals surface area contributed by atoms with Gasteiger partial charge in [-0.05, 0) is 61.5 Å². The van der Waals surface area contributed by atoms with Crippen molar-refractivity contribution in [3.05, 3.63) is 35.1 Å². The zero-order valence-corrected chi connectivity index (χ0v) is 15.7. The molecule has 4 aliphatic carbocycles. The lowest BCUT2D eigenvalue weighted by Crippen LogP contribution is -2.54. The Bertz CT molecular complexity index is 770. The van der Waals surface area contributed by atoms with E-state index < -0.39 is 0 Å². The quantitative estimate of drug-likeness (QED) is 0.704. The number of aliphatic hydroxyl groups excluding tert-OH is 1. The molecule has 0 bridgehead atoms. The first-order valence-corrected chi connectivity index (χ1v) is 9.53. The first-order chi connectivity index (χ1) is 11.6. The van der Waals surface area contributed by atoms with Crippen LogP contribution in [0.3, 0.4) is 0 Å². The van der Waals surface area contributed by atoms with Crippen LogP contribution >= 0.6 is 0 Å². The zero-order valence-electron chi connectivity index (χ0n) is 15.7. The summed E-state index contributed by atoms with van der Waals surface area (Å²) in [6, 6.07) is 0. The number of rotatable bonds is 0. The second-order valence-corrected chi connectivity index (χ2v) is 9.14. The molecule has 0 unspecified atom stereocenters. The van der Waals surface area contributed by atoms with E-state index in [2.05, 4.69) is 27.4 Å². The molecule has 3 nitrogen and oxygen atoms in total. The molecule has 1 N–H and O–H groups in total. The van der Waals surface area contributed by atoms with Gasteiger partial charge in [-0.15, -0.1) is 0 Å². The minimum Gasteiger partial charge on any atom is -0.504 e. The van der Waals surface area contributed by atoms with E-state index in [0.717, 1.165) is 36.0 Å². The molecule has 3 heteroatoms. The fourth-order valence-electron chi connectivity index (χ4n) is 6.74. The maximum atomic E-state index is 12.6. The summed E-state index contributed by atoms with van der Waals surface area (Å²) in [5.41, 5.74) is 2.14. The molecular formula is C22H28O3. The van der Waals surface area contributed by atoms with Crippen LogP contribution in [-0.2, 0) is 9.59 Å². The van der Waals surface area contributed by atoms with Crippen LogP contribution in [-0.4, -0.2) is 16.7 Å². The summed E-state index contributed by atoms with van der Waals surface area (Å²) in [6.07, 6.45) is 5.15. The highest BCUT2D eigenvalue weighted by molar-refractivity contribution is 6.05. The molecule has 0 aliphatic heterocycles. The number of carbonyl (C=O) groups is 2. The van der Waals surface area contributed by atoms with Crippen molar-refractivity contribution in [2.24, 2.45) is 34.5 Å². The van der Waals surface area contributed by atoms with Crippen LogP contribution in [0.2, 0.25) is 0 Å². The third kappa shape index (κ3) is 1.82. The van der Waals surface area contributed by atoms with Gasteiger partial charge in [0.2, 0.25) is 5.78 Å². The van der Waals surface area contributed by atoms with E-state index in [-0.39, 0.29) is 28.3 Å². The Labute approximate surface area is 149 Å². The van der Waals surface area contributed by atoms with Crippen LogP contribution in [0.1, 0.15) is 53.4 Å². The van der Waals surface area contributed by atoms with Crippen molar-refractivity contribution < 1.29 is 14.7 Å². The molecule has 4 rings (SSSR count). The normalized spacial score (nSPS) is 46.6. The summed E-state index contributed by atoms with van der Waals surface area (Å²) in [7, 11) is 0. The molecule has 0 aromatic carbocycles. The van der Waals surface area contributed by atoms with E-state index >= 15 is 0 Å². The van der Waals surface area contributed by atoms with Gasteiger partial charge < -0.3 is 5.11 Å². The van der Waals surface area contributed by atoms with Gasteiger partial charge in [0.1, 0.15) is 5.78 Å². The van der Waals surface area contributed by atoms with Crippen LogP contribution in [0.5, 0.6) is 0 Å². The number of fused-ring (bicyclic) bond motifs is 5. The molecule has 3 saturated carbocycles. The maximum absolute atomic E-state index is 12.6. The molecule has 0 heterocycles. The minimum absolute atomic E-state index is 0.112. The fourth-order valence-corrected chi connectivity index (χ4v) is 6.74. The van der Waals surface area contributed by atoms with Gasteiger partial charge >= 0.3 is 0 Å². The molecule has 134 valence electrons. The summed E-state index contributed by atoms with van der Waals surface area (Å²) in [5.74, 6) is 1.32. The van der Waals surface area contributed by atoms with E-state index in [9.17, 15) is 14.7 Å². The van der Waals surface area contributed by atoms with E-state index in [1.807, 2.05) is 6.92 Å². The Morgan fingerprint density at radius 1 is 1.20 bits per heavy atom. The highest BCUT2D eigenvalue weighted by Gasteiger charge is 2.62. The fraction of sp³-hybridized carbons (Fsp3) is 0.636. The summed E-state index contributed by atoms with van der Waals surface area (Å²) in [5, 5.41) is 10.6. The molecular weight excluding hydrogens is 312 g/mol. The summed E-state index contributed by atoms with van der Waals surface area (Å²) >= 11 is 0. The number of allylic oxidation sites excluding steroid dienone is 4. The smallest absolute Gasteiger partial charge is 0.220 e. The summed E-state index contributed by atoms with van der Waals surface area (Å²) in [6.45, 7) is 12.8. The largest absolute Gasteiger partial charge is 0.504 e. The molecule has 4 aliphatic rings. The first-order valence-electron chi connectivity index (χ1n) is 9.53. The molecule has 0 radical (unpaired) electrons. The minimum atomic E-state index is -0.348. The van der Waals surface area contributed by atoms with Crippen LogP contribution < -0.4 is 0 Å². The monoisotopic (exact) mass is 340 g/mol. The Balaban J connectivity index is 1.89. The molecule has 0 aromatic heterocycles. The van der Waals surface area contributed by atoms with Crippen molar-refractivity contribution in [1.29, 1.82) is 0 Å². The van der Waals surface area contributed by atoms with E-state index in [4.69, 9.17) is 0 Å². The highest BCUT2D eigenvalue weighted by atomic mass is 16.3. The molecule has 0 spiro atoms. The molecule has 0 saturated heterocycles. The van der Waals surface area contributed by atoms with Gasteiger partial charge in [0.25, 0.3) is 0 Å². The number of Topliss-reactive ketones (excluding diaryl/α,β-unsaturated/α-hetero) is 1. The van der Waals surface area contributed by atoms with Gasteiger partial charge in [-0.2, -0.15) is 0 Å². The molecule has 6 atom stereocenters. The number of hydrogen-bond acceptors (Lipinski definition) is 3. The Hall–Kier alpha value is -1.64. The van der Waals surface area contributed by atoms with Crippen LogP contribution in [0.15, 0.2) is 35.1 Å². The van der Waals surface area contributed by atoms with Crippen LogP contribution in [0.25, 0.3) is 0 Å². The van der Waals surface area contributed by atoms with Crippen LogP contribution in [0, 0.1) is 34.5 Å². The lowest BCUT2D eigenvalue weighted by atomic mass is 9.44. The van der Waals surface area contributed by atoms with Crippen LogP contribution in [0.4, 0.5) is 0 Å². The Morgan fingerprint density at radius 2 is 1.88 bits per heavy atom. The number of aliphatic hydroxyl groups is 1. The van der Waals surface area contributed by atoms with Crippen molar-refractivity contribution >= 4 is 11.6 Å². The van der Waals surface area contributed by atoms with Gasteiger partial charge in [0, 0.05) is 22.8 Å². The summed E-state index contributed by atoms with van der Waals surface area (Å²) < 4.78 is 0. The number of ketones is 2. The highest BCUT2D eigenvalue weighted by Crippen LogP contribution is 2.67. The van der Waals surface area contributed by atoms with E-state index in [1.165, 1.54) is 0 Å². The van der Waals surface area contributed by atoms with E-state index in [1.54, 1.807) is 6.08 Å². The predicted molar refractivity (Wildman–Crippen MR) is 96.9 cm³/mol. The Morgan fingerprint density at radius 3 is 2.56 bits per heavy atom. The van der Waals surface area contributed by atoms with Crippen molar-refractivity contribution in [1.82, 2.24) is 0 Å². The third-order valence-corrected chi connectivity index (χ3v) is 8.39. The molecule has 0 amide bonds. The van der Waals surface area contributed by atoms with Gasteiger partial charge in [-0.25, -0.2) is 0 Å². The second-order valence-electron chi connectivity index (χ2n) is 9.14. The summed E-state index contributed by atoms with van der Waals surface area (Å²) in [4.78, 5) is 24.8. The average Bonchev–Trinajstić information content (AvgIpc) is 2.86. The molecule has 3 fully saturated rings. The Kier molecular flexibility index (Phi) is 3.33. The standard InChI is InChI=1S/C22H28O3/c1-11-10-16(23)20(25)19-13(3)12(2)18-14-6-7-17(24)21(14,4)9-8-15(18)22(11,19)5/h10,12,14-15,18,25H,3,6-9H2,1-2,4-5H3/t12-,14+,15+,18+,21+,22-/m1/s1. The maximum Gasteiger partial charge on any atom is 0.220 e.